The molecule has 0 aliphatic rings. The number of rotatable bonds is 3. The molecule has 0 amide bonds. The van der Waals surface area contributed by atoms with E-state index < -0.39 is 0 Å². The van der Waals surface area contributed by atoms with E-state index in [0.29, 0.717) is 21.9 Å². The molecule has 1 aromatic carbocycles. The minimum atomic E-state index is 0.113. The van der Waals surface area contributed by atoms with Gasteiger partial charge in [0.05, 0.1) is 20.5 Å². The molecule has 0 bridgehead atoms. The van der Waals surface area contributed by atoms with Gasteiger partial charge in [0.2, 0.25) is 11.2 Å². The van der Waals surface area contributed by atoms with Crippen LogP contribution in [0, 0.1) is 0 Å². The van der Waals surface area contributed by atoms with Crippen molar-refractivity contribution in [1.29, 1.82) is 0 Å². The summed E-state index contributed by atoms with van der Waals surface area (Å²) in [6, 6.07) is 3.56. The summed E-state index contributed by atoms with van der Waals surface area (Å²) in [5.74, 6) is 1.60. The van der Waals surface area contributed by atoms with Crippen LogP contribution < -0.4 is 9.47 Å². The average Bonchev–Trinajstić information content (AvgIpc) is 2.37. The Bertz CT molecular complexity index is 625. The van der Waals surface area contributed by atoms with Gasteiger partial charge in [-0.05, 0) is 71.5 Å². The summed E-state index contributed by atoms with van der Waals surface area (Å²) in [6.45, 7) is 0. The van der Waals surface area contributed by atoms with Crippen molar-refractivity contribution in [2.75, 3.05) is 7.11 Å². The second-order valence-electron chi connectivity index (χ2n) is 3.31. The molecule has 0 aliphatic heterocycles. The lowest BCUT2D eigenvalue weighted by molar-refractivity contribution is 0.408. The zero-order chi connectivity index (χ0) is 14.0. The lowest BCUT2D eigenvalue weighted by atomic mass is 10.3. The van der Waals surface area contributed by atoms with Crippen LogP contribution >= 0.6 is 59.4 Å². The van der Waals surface area contributed by atoms with Crippen LogP contribution in [0.25, 0.3) is 0 Å². The van der Waals surface area contributed by atoms with Gasteiger partial charge in [-0.25, -0.2) is 4.98 Å². The molecule has 0 aliphatic carbocycles. The molecule has 4 nitrogen and oxygen atoms in total. The quantitative estimate of drug-likeness (QED) is 0.574. The van der Waals surface area contributed by atoms with Crippen LogP contribution in [0.1, 0.15) is 0 Å². The number of methoxy groups -OCH3 is 1. The molecular formula is C11H6Br3ClN2O2. The van der Waals surface area contributed by atoms with E-state index in [-0.39, 0.29) is 5.28 Å². The first kappa shape index (κ1) is 15.0. The highest BCUT2D eigenvalue weighted by Crippen LogP contribution is 2.39. The van der Waals surface area contributed by atoms with Crippen molar-refractivity contribution in [2.45, 2.75) is 0 Å². The number of aromatic nitrogens is 2. The van der Waals surface area contributed by atoms with Crippen LogP contribution in [-0.4, -0.2) is 17.1 Å². The van der Waals surface area contributed by atoms with Crippen molar-refractivity contribution >= 4 is 59.4 Å². The SMILES string of the molecule is COc1cc(Br)c(Oc2nc(Cl)ncc2Br)cc1Br. The molecule has 2 rings (SSSR count). The third-order valence-corrected chi connectivity index (χ3v) is 4.06. The predicted molar refractivity (Wildman–Crippen MR) is 83.2 cm³/mol. The van der Waals surface area contributed by atoms with Gasteiger partial charge >= 0.3 is 0 Å². The van der Waals surface area contributed by atoms with Crippen molar-refractivity contribution in [1.82, 2.24) is 9.97 Å². The summed E-state index contributed by atoms with van der Waals surface area (Å²) in [7, 11) is 1.59. The molecule has 0 radical (unpaired) electrons. The lowest BCUT2D eigenvalue weighted by Gasteiger charge is -2.11. The second-order valence-corrected chi connectivity index (χ2v) is 6.21. The Morgan fingerprint density at radius 3 is 2.37 bits per heavy atom. The molecule has 0 saturated carbocycles. The fraction of sp³-hybridized carbons (Fsp3) is 0.0909. The number of benzene rings is 1. The summed E-state index contributed by atoms with van der Waals surface area (Å²) in [5, 5.41) is 0.113. The number of hydrogen-bond acceptors (Lipinski definition) is 4. The van der Waals surface area contributed by atoms with Crippen LogP contribution in [0.4, 0.5) is 0 Å². The second kappa shape index (κ2) is 6.39. The number of hydrogen-bond donors (Lipinski definition) is 0. The van der Waals surface area contributed by atoms with E-state index in [0.717, 1.165) is 8.95 Å². The average molecular weight is 473 g/mol. The Morgan fingerprint density at radius 2 is 1.68 bits per heavy atom. The molecule has 1 aromatic heterocycles. The van der Waals surface area contributed by atoms with Gasteiger partial charge in [-0.1, -0.05) is 0 Å². The number of halogens is 4. The molecule has 8 heteroatoms. The van der Waals surface area contributed by atoms with E-state index in [1.54, 1.807) is 19.2 Å². The minimum absolute atomic E-state index is 0.113. The first-order valence-electron chi connectivity index (χ1n) is 4.90. The van der Waals surface area contributed by atoms with Crippen LogP contribution in [0.5, 0.6) is 17.4 Å². The first-order valence-corrected chi connectivity index (χ1v) is 7.66. The molecular weight excluding hydrogens is 467 g/mol. The summed E-state index contributed by atoms with van der Waals surface area (Å²) >= 11 is 15.8. The third-order valence-electron chi connectivity index (χ3n) is 2.10. The molecule has 100 valence electrons. The molecule has 0 fully saturated rings. The Kier molecular flexibility index (Phi) is 5.05. The molecule has 2 aromatic rings. The van der Waals surface area contributed by atoms with Crippen molar-refractivity contribution < 1.29 is 9.47 Å². The summed E-state index contributed by atoms with van der Waals surface area (Å²) in [6.07, 6.45) is 1.52. The zero-order valence-electron chi connectivity index (χ0n) is 9.45. The van der Waals surface area contributed by atoms with Crippen LogP contribution in [-0.2, 0) is 0 Å². The summed E-state index contributed by atoms with van der Waals surface area (Å²) in [4.78, 5) is 7.83. The molecule has 0 saturated heterocycles. The molecule has 0 unspecified atom stereocenters. The van der Waals surface area contributed by atoms with Gasteiger partial charge in [0.15, 0.2) is 0 Å². The number of nitrogens with zero attached hydrogens (tertiary/aromatic N) is 2. The van der Waals surface area contributed by atoms with E-state index >= 15 is 0 Å². The van der Waals surface area contributed by atoms with E-state index in [2.05, 4.69) is 57.8 Å². The predicted octanol–water partition coefficient (Wildman–Crippen LogP) is 5.22. The van der Waals surface area contributed by atoms with Gasteiger partial charge in [0, 0.05) is 6.20 Å². The van der Waals surface area contributed by atoms with Gasteiger partial charge < -0.3 is 9.47 Å². The van der Waals surface area contributed by atoms with Crippen LogP contribution in [0.3, 0.4) is 0 Å². The fourth-order valence-electron chi connectivity index (χ4n) is 1.25. The normalized spacial score (nSPS) is 10.4. The van der Waals surface area contributed by atoms with Crippen molar-refractivity contribution in [2.24, 2.45) is 0 Å². The van der Waals surface area contributed by atoms with Crippen LogP contribution in [0.2, 0.25) is 5.28 Å². The van der Waals surface area contributed by atoms with Gasteiger partial charge in [0.25, 0.3) is 0 Å². The Hall–Kier alpha value is -0.370. The Labute approximate surface area is 139 Å². The van der Waals surface area contributed by atoms with Gasteiger partial charge in [-0.3, -0.25) is 0 Å². The van der Waals surface area contributed by atoms with Crippen molar-refractivity contribution in [3.05, 3.63) is 37.0 Å². The van der Waals surface area contributed by atoms with Gasteiger partial charge in [-0.15, -0.1) is 0 Å². The highest BCUT2D eigenvalue weighted by atomic mass is 79.9. The molecule has 19 heavy (non-hydrogen) atoms. The summed E-state index contributed by atoms with van der Waals surface area (Å²) < 4.78 is 13.0. The number of ether oxygens (including phenoxy) is 2. The topological polar surface area (TPSA) is 44.2 Å². The lowest BCUT2D eigenvalue weighted by Crippen LogP contribution is -1.93. The van der Waals surface area contributed by atoms with Gasteiger partial charge in [0.1, 0.15) is 11.5 Å². The highest BCUT2D eigenvalue weighted by Gasteiger charge is 2.12. The molecule has 0 atom stereocenters. The van der Waals surface area contributed by atoms with E-state index in [1.807, 2.05) is 0 Å². The van der Waals surface area contributed by atoms with Crippen molar-refractivity contribution in [3.8, 4) is 17.4 Å². The zero-order valence-corrected chi connectivity index (χ0v) is 15.0. The Morgan fingerprint density at radius 1 is 1.05 bits per heavy atom. The standard InChI is InChI=1S/C11H6Br3ClN2O2/c1-18-8-2-6(13)9(3-5(8)12)19-10-7(14)4-16-11(15)17-10/h2-4H,1H3. The third kappa shape index (κ3) is 3.59. The molecule has 1 heterocycles. The maximum absolute atomic E-state index is 5.74. The van der Waals surface area contributed by atoms with E-state index in [4.69, 9.17) is 21.1 Å². The maximum Gasteiger partial charge on any atom is 0.238 e. The van der Waals surface area contributed by atoms with Crippen LogP contribution in [0.15, 0.2) is 31.7 Å². The first-order chi connectivity index (χ1) is 9.01. The fourth-order valence-corrected chi connectivity index (χ4v) is 2.54. The highest BCUT2D eigenvalue weighted by molar-refractivity contribution is 9.11. The maximum atomic E-state index is 5.74. The van der Waals surface area contributed by atoms with E-state index in [9.17, 15) is 0 Å². The smallest absolute Gasteiger partial charge is 0.238 e. The molecule has 0 spiro atoms. The van der Waals surface area contributed by atoms with Crippen molar-refractivity contribution in [3.63, 3.8) is 0 Å². The summed E-state index contributed by atoms with van der Waals surface area (Å²) in [5.41, 5.74) is 0. The molecule has 0 N–H and O–H groups in total. The monoisotopic (exact) mass is 470 g/mol. The minimum Gasteiger partial charge on any atom is -0.496 e. The van der Waals surface area contributed by atoms with Gasteiger partial charge in [-0.2, -0.15) is 4.98 Å². The Balaban J connectivity index is 2.38. The largest absolute Gasteiger partial charge is 0.496 e. The van der Waals surface area contributed by atoms with E-state index in [1.165, 1.54) is 6.20 Å².